The summed E-state index contributed by atoms with van der Waals surface area (Å²) in [7, 11) is 0. The second-order valence-electron chi connectivity index (χ2n) is 3.41. The normalized spacial score (nSPS) is 13.7. The van der Waals surface area contributed by atoms with Gasteiger partial charge in [-0.1, -0.05) is 36.4 Å². The minimum atomic E-state index is 0.661. The average molecular weight is 182 g/mol. The molecule has 68 valence electrons. The van der Waals surface area contributed by atoms with E-state index < -0.39 is 0 Å². The van der Waals surface area contributed by atoms with Crippen molar-refractivity contribution in [2.24, 2.45) is 0 Å². The number of ether oxygens (including phenoxy) is 1. The van der Waals surface area contributed by atoms with Crippen molar-refractivity contribution in [3.05, 3.63) is 48.0 Å². The van der Waals surface area contributed by atoms with Crippen molar-refractivity contribution in [3.63, 3.8) is 0 Å². The molecule has 14 heavy (non-hydrogen) atoms. The molecule has 0 N–H and O–H groups in total. The number of hydrogen-bond acceptors (Lipinski definition) is 1. The number of hydrogen-bond donors (Lipinski definition) is 0. The standard InChI is InChI=1S/C13H10O/c1-4-10-6-2-8-12-13(10)11(5-1)7-3-9-14-12/h1-8H,9H2. The van der Waals surface area contributed by atoms with Crippen LogP contribution >= 0.6 is 0 Å². The second-order valence-corrected chi connectivity index (χ2v) is 3.41. The zero-order valence-electron chi connectivity index (χ0n) is 7.73. The van der Waals surface area contributed by atoms with E-state index >= 15 is 0 Å². The molecule has 1 heterocycles. The molecule has 0 bridgehead atoms. The highest BCUT2D eigenvalue weighted by Crippen LogP contribution is 2.31. The summed E-state index contributed by atoms with van der Waals surface area (Å²) in [6.07, 6.45) is 4.17. The molecule has 1 aliphatic heterocycles. The van der Waals surface area contributed by atoms with Crippen molar-refractivity contribution >= 4 is 16.8 Å². The molecule has 1 heteroatoms. The molecule has 0 saturated carbocycles. The lowest BCUT2D eigenvalue weighted by atomic mass is 10.0. The third-order valence-electron chi connectivity index (χ3n) is 2.53. The molecule has 0 spiro atoms. The first-order chi connectivity index (χ1) is 6.95. The molecule has 0 atom stereocenters. The molecule has 1 nitrogen and oxygen atoms in total. The lowest BCUT2D eigenvalue weighted by Gasteiger charge is -2.06. The van der Waals surface area contributed by atoms with Crippen molar-refractivity contribution in [1.29, 1.82) is 0 Å². The van der Waals surface area contributed by atoms with Gasteiger partial charge in [-0.25, -0.2) is 0 Å². The summed E-state index contributed by atoms with van der Waals surface area (Å²) in [5.74, 6) is 0.989. The molecule has 2 aromatic rings. The van der Waals surface area contributed by atoms with Crippen LogP contribution in [0.4, 0.5) is 0 Å². The van der Waals surface area contributed by atoms with E-state index in [1.165, 1.54) is 16.3 Å². The van der Waals surface area contributed by atoms with Gasteiger partial charge in [0.15, 0.2) is 0 Å². The first kappa shape index (κ1) is 7.63. The minimum absolute atomic E-state index is 0.661. The van der Waals surface area contributed by atoms with Crippen molar-refractivity contribution < 1.29 is 4.74 Å². The van der Waals surface area contributed by atoms with E-state index in [4.69, 9.17) is 4.74 Å². The van der Waals surface area contributed by atoms with Gasteiger partial charge in [0.05, 0.1) is 0 Å². The van der Waals surface area contributed by atoms with Crippen LogP contribution in [-0.4, -0.2) is 6.61 Å². The predicted octanol–water partition coefficient (Wildman–Crippen LogP) is 3.25. The quantitative estimate of drug-likeness (QED) is 0.607. The predicted molar refractivity (Wildman–Crippen MR) is 58.5 cm³/mol. The van der Waals surface area contributed by atoms with E-state index in [0.717, 1.165) is 5.75 Å². The zero-order chi connectivity index (χ0) is 9.38. The summed E-state index contributed by atoms with van der Waals surface area (Å²) in [4.78, 5) is 0. The summed E-state index contributed by atoms with van der Waals surface area (Å²) in [6, 6.07) is 12.5. The molecule has 0 radical (unpaired) electrons. The van der Waals surface area contributed by atoms with Crippen LogP contribution in [-0.2, 0) is 0 Å². The maximum Gasteiger partial charge on any atom is 0.128 e. The summed E-state index contributed by atoms with van der Waals surface area (Å²) in [6.45, 7) is 0.661. The molecule has 0 aromatic heterocycles. The third kappa shape index (κ3) is 1.02. The molecule has 0 saturated heterocycles. The van der Waals surface area contributed by atoms with Gasteiger partial charge < -0.3 is 4.74 Å². The van der Waals surface area contributed by atoms with Gasteiger partial charge in [0, 0.05) is 5.39 Å². The fraction of sp³-hybridized carbons (Fsp3) is 0.0769. The van der Waals surface area contributed by atoms with Crippen molar-refractivity contribution in [3.8, 4) is 5.75 Å². The highest BCUT2D eigenvalue weighted by molar-refractivity contribution is 5.95. The largest absolute Gasteiger partial charge is 0.489 e. The molecule has 1 aliphatic rings. The lowest BCUT2D eigenvalue weighted by Crippen LogP contribution is -1.91. The van der Waals surface area contributed by atoms with Gasteiger partial charge in [-0.3, -0.25) is 0 Å². The smallest absolute Gasteiger partial charge is 0.128 e. The van der Waals surface area contributed by atoms with Gasteiger partial charge in [0.2, 0.25) is 0 Å². The fourth-order valence-corrected chi connectivity index (χ4v) is 1.91. The summed E-state index contributed by atoms with van der Waals surface area (Å²) in [5.41, 5.74) is 1.25. The summed E-state index contributed by atoms with van der Waals surface area (Å²) >= 11 is 0. The first-order valence-electron chi connectivity index (χ1n) is 4.76. The molecule has 0 fully saturated rings. The van der Waals surface area contributed by atoms with Crippen LogP contribution < -0.4 is 4.74 Å². The Morgan fingerprint density at radius 3 is 2.79 bits per heavy atom. The van der Waals surface area contributed by atoms with Crippen molar-refractivity contribution in [2.75, 3.05) is 6.61 Å². The lowest BCUT2D eigenvalue weighted by molar-refractivity contribution is 0.369. The van der Waals surface area contributed by atoms with Crippen LogP contribution in [0.2, 0.25) is 0 Å². The van der Waals surface area contributed by atoms with Gasteiger partial charge in [-0.05, 0) is 23.1 Å². The van der Waals surface area contributed by atoms with Crippen LogP contribution in [0.5, 0.6) is 5.75 Å². The van der Waals surface area contributed by atoms with Crippen molar-refractivity contribution in [1.82, 2.24) is 0 Å². The van der Waals surface area contributed by atoms with E-state index in [9.17, 15) is 0 Å². The summed E-state index contributed by atoms with van der Waals surface area (Å²) < 4.78 is 5.63. The molecular weight excluding hydrogens is 172 g/mol. The fourth-order valence-electron chi connectivity index (χ4n) is 1.91. The van der Waals surface area contributed by atoms with Gasteiger partial charge in [-0.2, -0.15) is 0 Å². The highest BCUT2D eigenvalue weighted by atomic mass is 16.5. The van der Waals surface area contributed by atoms with E-state index in [1.54, 1.807) is 0 Å². The van der Waals surface area contributed by atoms with Crippen LogP contribution in [0, 0.1) is 0 Å². The number of rotatable bonds is 0. The molecule has 0 aliphatic carbocycles. The summed E-state index contributed by atoms with van der Waals surface area (Å²) in [5, 5.41) is 2.47. The maximum absolute atomic E-state index is 5.63. The van der Waals surface area contributed by atoms with E-state index in [2.05, 4.69) is 36.4 Å². The molecule has 3 rings (SSSR count). The monoisotopic (exact) mass is 182 g/mol. The van der Waals surface area contributed by atoms with E-state index in [0.29, 0.717) is 6.61 Å². The SMILES string of the molecule is C1=Cc2cccc3cccc(c23)OC1. The minimum Gasteiger partial charge on any atom is -0.489 e. The van der Waals surface area contributed by atoms with Gasteiger partial charge in [0.1, 0.15) is 12.4 Å². The topological polar surface area (TPSA) is 9.23 Å². The van der Waals surface area contributed by atoms with Crippen LogP contribution in [0.15, 0.2) is 42.5 Å². The number of benzene rings is 2. The average Bonchev–Trinajstić information content (AvgIpc) is 2.44. The van der Waals surface area contributed by atoms with Gasteiger partial charge in [-0.15, -0.1) is 0 Å². The molecular formula is C13H10O. The Bertz CT molecular complexity index is 506. The van der Waals surface area contributed by atoms with Crippen LogP contribution in [0.25, 0.3) is 16.8 Å². The Hall–Kier alpha value is -1.76. The second kappa shape index (κ2) is 2.88. The maximum atomic E-state index is 5.63. The Morgan fingerprint density at radius 2 is 1.86 bits per heavy atom. The van der Waals surface area contributed by atoms with Gasteiger partial charge in [0.25, 0.3) is 0 Å². The van der Waals surface area contributed by atoms with Crippen LogP contribution in [0.1, 0.15) is 5.56 Å². The van der Waals surface area contributed by atoms with Crippen LogP contribution in [0.3, 0.4) is 0 Å². The first-order valence-corrected chi connectivity index (χ1v) is 4.76. The Kier molecular flexibility index (Phi) is 1.57. The van der Waals surface area contributed by atoms with Gasteiger partial charge >= 0.3 is 0 Å². The van der Waals surface area contributed by atoms with E-state index in [-0.39, 0.29) is 0 Å². The Labute approximate surface area is 82.6 Å². The third-order valence-corrected chi connectivity index (χ3v) is 2.53. The Morgan fingerprint density at radius 1 is 1.00 bits per heavy atom. The highest BCUT2D eigenvalue weighted by Gasteiger charge is 2.06. The molecule has 2 aromatic carbocycles. The molecule has 0 unspecified atom stereocenters. The Balaban J connectivity index is 2.49. The zero-order valence-corrected chi connectivity index (χ0v) is 7.73. The molecule has 0 amide bonds. The van der Waals surface area contributed by atoms with E-state index in [1.807, 2.05) is 12.1 Å². The van der Waals surface area contributed by atoms with Crippen molar-refractivity contribution in [2.45, 2.75) is 0 Å².